The molecule has 4 aliphatic heterocycles. The molecule has 2 aromatic carbocycles. The molecule has 4 heterocycles. The van der Waals surface area contributed by atoms with Crippen molar-refractivity contribution < 1.29 is 23.2 Å². The Bertz CT molecular complexity index is 1390. The molecule has 1 spiro atoms. The lowest BCUT2D eigenvalue weighted by molar-refractivity contribution is -0.135. The van der Waals surface area contributed by atoms with Crippen LogP contribution in [-0.4, -0.2) is 35.2 Å². The lowest BCUT2D eigenvalue weighted by Crippen LogP contribution is -2.54. The molecule has 35 heavy (non-hydrogen) atoms. The van der Waals surface area contributed by atoms with Crippen molar-refractivity contribution in [3.63, 3.8) is 0 Å². The third-order valence-corrected chi connectivity index (χ3v) is 8.26. The lowest BCUT2D eigenvalue weighted by atomic mass is 9.75. The predicted octanol–water partition coefficient (Wildman–Crippen LogP) is 5.49. The first-order valence-corrected chi connectivity index (χ1v) is 12.0. The summed E-state index contributed by atoms with van der Waals surface area (Å²) < 4.78 is 27.4. The molecule has 12 heteroatoms. The van der Waals surface area contributed by atoms with E-state index < -0.39 is 47.2 Å². The van der Waals surface area contributed by atoms with Crippen molar-refractivity contribution in [2.24, 2.45) is 11.8 Å². The zero-order valence-electron chi connectivity index (χ0n) is 17.4. The summed E-state index contributed by atoms with van der Waals surface area (Å²) in [6, 6.07) is 6.37. The summed E-state index contributed by atoms with van der Waals surface area (Å²) in [5.74, 6) is -4.15. The maximum Gasteiger partial charge on any atom is 0.270 e. The van der Waals surface area contributed by atoms with Gasteiger partial charge >= 0.3 is 0 Å². The zero-order chi connectivity index (χ0) is 25.0. The van der Waals surface area contributed by atoms with Crippen LogP contribution in [0.15, 0.2) is 42.0 Å². The minimum Gasteiger partial charge on any atom is -0.323 e. The zero-order valence-corrected chi connectivity index (χ0v) is 20.4. The van der Waals surface area contributed by atoms with Crippen LogP contribution >= 0.6 is 46.4 Å². The number of nitrogens with one attached hydrogen (secondary N) is 1. The van der Waals surface area contributed by atoms with Crippen LogP contribution < -0.4 is 10.2 Å². The van der Waals surface area contributed by atoms with E-state index >= 15 is 0 Å². The molecule has 4 atom stereocenters. The highest BCUT2D eigenvalue weighted by atomic mass is 35.5. The highest BCUT2D eigenvalue weighted by molar-refractivity contribution is 6.38. The monoisotopic (exact) mass is 557 g/mol. The number of carbonyl (C=O) groups excluding carboxylic acids is 3. The van der Waals surface area contributed by atoms with Gasteiger partial charge in [-0.05, 0) is 36.8 Å². The van der Waals surface area contributed by atoms with E-state index in [-0.39, 0.29) is 55.6 Å². The molecule has 4 aliphatic rings. The van der Waals surface area contributed by atoms with Crippen molar-refractivity contribution in [2.45, 2.75) is 18.0 Å². The number of halogens is 6. The van der Waals surface area contributed by atoms with E-state index in [1.54, 1.807) is 0 Å². The number of nitrogens with zero attached hydrogens (tertiary/aromatic N) is 2. The quantitative estimate of drug-likeness (QED) is 0.470. The van der Waals surface area contributed by atoms with Gasteiger partial charge < -0.3 is 5.32 Å². The van der Waals surface area contributed by atoms with Crippen molar-refractivity contribution in [2.75, 3.05) is 16.8 Å². The number of hydrogen-bond donors (Lipinski definition) is 1. The van der Waals surface area contributed by atoms with E-state index in [9.17, 15) is 23.2 Å². The third kappa shape index (κ3) is 2.95. The van der Waals surface area contributed by atoms with Gasteiger partial charge in [0.15, 0.2) is 0 Å². The van der Waals surface area contributed by atoms with Gasteiger partial charge in [-0.2, -0.15) is 8.78 Å². The lowest BCUT2D eigenvalue weighted by Gasteiger charge is -2.36. The van der Waals surface area contributed by atoms with Crippen LogP contribution in [0, 0.1) is 11.8 Å². The molecule has 1 N–H and O–H groups in total. The van der Waals surface area contributed by atoms with E-state index in [1.807, 2.05) is 0 Å². The van der Waals surface area contributed by atoms with Gasteiger partial charge in [0.2, 0.25) is 11.8 Å². The molecule has 3 fully saturated rings. The molecule has 6 nitrogen and oxygen atoms in total. The molecule has 180 valence electrons. The van der Waals surface area contributed by atoms with E-state index in [0.29, 0.717) is 0 Å². The molecule has 0 saturated carbocycles. The standard InChI is InChI=1S/C23H13Cl4F2N3O3/c24-9-2-10(25)4-12(3-9)32-20(33)16-15-1-8(19(28)29)7-31(15)23(17(16)21(32)34)13-5-11(26)6-14(27)18(13)30-22(23)35/h2-6,15-17H,1,7H2,(H,30,35)/t15?,16?,17-,23?/m0/s1. The molecule has 0 aliphatic carbocycles. The Hall–Kier alpha value is -2.23. The molecular formula is C23H13Cl4F2N3O3. The van der Waals surface area contributed by atoms with Gasteiger partial charge in [-0.15, -0.1) is 0 Å². The number of rotatable bonds is 1. The summed E-state index contributed by atoms with van der Waals surface area (Å²) in [5.41, 5.74) is -1.28. The fraction of sp³-hybridized carbons (Fsp3) is 0.261. The molecule has 2 aromatic rings. The molecule has 3 unspecified atom stereocenters. The van der Waals surface area contributed by atoms with Gasteiger partial charge in [0.25, 0.3) is 12.0 Å². The van der Waals surface area contributed by atoms with Crippen molar-refractivity contribution in [1.82, 2.24) is 4.90 Å². The number of hydrogen-bond acceptors (Lipinski definition) is 4. The summed E-state index contributed by atoms with van der Waals surface area (Å²) in [6.45, 7) is -0.277. The molecule has 0 aromatic heterocycles. The van der Waals surface area contributed by atoms with Crippen LogP contribution in [0.1, 0.15) is 12.0 Å². The molecule has 0 radical (unpaired) electrons. The average molecular weight is 559 g/mol. The Labute approximate surface area is 217 Å². The summed E-state index contributed by atoms with van der Waals surface area (Å²) in [7, 11) is 0. The Kier molecular flexibility index (Phi) is 5.06. The molecule has 3 saturated heterocycles. The predicted molar refractivity (Wildman–Crippen MR) is 127 cm³/mol. The van der Waals surface area contributed by atoms with Crippen molar-refractivity contribution >= 4 is 75.5 Å². The van der Waals surface area contributed by atoms with Crippen molar-refractivity contribution in [3.8, 4) is 0 Å². The summed E-state index contributed by atoms with van der Waals surface area (Å²) in [4.78, 5) is 43.9. The topological polar surface area (TPSA) is 69.7 Å². The second kappa shape index (κ2) is 7.63. The smallest absolute Gasteiger partial charge is 0.270 e. The molecular weight excluding hydrogens is 546 g/mol. The number of benzene rings is 2. The number of amides is 3. The first kappa shape index (κ1) is 23.2. The van der Waals surface area contributed by atoms with Crippen molar-refractivity contribution in [3.05, 3.63) is 67.6 Å². The first-order valence-electron chi connectivity index (χ1n) is 10.5. The van der Waals surface area contributed by atoms with E-state index in [0.717, 1.165) is 4.90 Å². The third-order valence-electron chi connectivity index (χ3n) is 7.31. The van der Waals surface area contributed by atoms with E-state index in [2.05, 4.69) is 5.32 Å². The first-order chi connectivity index (χ1) is 16.5. The average Bonchev–Trinajstić information content (AvgIpc) is 3.44. The molecule has 0 bridgehead atoms. The number of imide groups is 1. The summed E-state index contributed by atoms with van der Waals surface area (Å²) >= 11 is 24.8. The fourth-order valence-electron chi connectivity index (χ4n) is 6.14. The maximum absolute atomic E-state index is 13.9. The SMILES string of the molecule is O=C1C2C3CC(=C(F)F)CN3C3(C(=O)Nc4c(Cl)cc(Cl)cc43)[C@@H]2C(=O)N1c1cc(Cl)cc(Cl)c1. The van der Waals surface area contributed by atoms with Gasteiger partial charge in [-0.1, -0.05) is 46.4 Å². The van der Waals surface area contributed by atoms with E-state index in [4.69, 9.17) is 46.4 Å². The highest BCUT2D eigenvalue weighted by Gasteiger charge is 2.75. The van der Waals surface area contributed by atoms with Gasteiger partial charge in [-0.3, -0.25) is 19.3 Å². The number of anilines is 2. The van der Waals surface area contributed by atoms with Gasteiger partial charge in [0, 0.05) is 38.8 Å². The second-order valence-electron chi connectivity index (χ2n) is 8.94. The van der Waals surface area contributed by atoms with Crippen LogP contribution in [0.5, 0.6) is 0 Å². The van der Waals surface area contributed by atoms with Crippen LogP contribution in [0.3, 0.4) is 0 Å². The van der Waals surface area contributed by atoms with Crippen LogP contribution in [0.25, 0.3) is 0 Å². The van der Waals surface area contributed by atoms with Crippen LogP contribution in [0.2, 0.25) is 20.1 Å². The minimum absolute atomic E-state index is 0.139. The molecule has 6 rings (SSSR count). The Morgan fingerprint density at radius 1 is 0.943 bits per heavy atom. The summed E-state index contributed by atoms with van der Waals surface area (Å²) in [5, 5.41) is 3.45. The fourth-order valence-corrected chi connectivity index (χ4v) is 7.20. The maximum atomic E-state index is 13.9. The second-order valence-corrected chi connectivity index (χ2v) is 10.7. The summed E-state index contributed by atoms with van der Waals surface area (Å²) in [6.07, 6.45) is -2.03. The van der Waals surface area contributed by atoms with Gasteiger partial charge in [-0.25, -0.2) is 4.90 Å². The van der Waals surface area contributed by atoms with Crippen LogP contribution in [0.4, 0.5) is 20.2 Å². The van der Waals surface area contributed by atoms with Crippen molar-refractivity contribution in [1.29, 1.82) is 0 Å². The minimum atomic E-state index is -1.87. The highest BCUT2D eigenvalue weighted by Crippen LogP contribution is 2.62. The molecule has 3 amide bonds. The van der Waals surface area contributed by atoms with Gasteiger partial charge in [0.05, 0.1) is 28.2 Å². The van der Waals surface area contributed by atoms with E-state index in [1.165, 1.54) is 35.2 Å². The largest absolute Gasteiger partial charge is 0.323 e. The number of carbonyl (C=O) groups is 3. The normalized spacial score (nSPS) is 29.2. The van der Waals surface area contributed by atoms with Crippen LogP contribution in [-0.2, 0) is 19.9 Å². The van der Waals surface area contributed by atoms with Gasteiger partial charge in [0.1, 0.15) is 5.54 Å². The Morgan fingerprint density at radius 2 is 1.60 bits per heavy atom. The Morgan fingerprint density at radius 3 is 2.26 bits per heavy atom. The Balaban J connectivity index is 1.60. The number of fused-ring (bicyclic) bond motifs is 7.